The van der Waals surface area contributed by atoms with Gasteiger partial charge in [0.15, 0.2) is 0 Å². The second kappa shape index (κ2) is 8.25. The number of hydrogen-bond donors (Lipinski definition) is 1. The van der Waals surface area contributed by atoms with Crippen LogP contribution >= 0.6 is 15.9 Å². The Kier molecular flexibility index (Phi) is 6.89. The summed E-state index contributed by atoms with van der Waals surface area (Å²) in [6.45, 7) is 1.77. The summed E-state index contributed by atoms with van der Waals surface area (Å²) >= 11 is 3.52. The van der Waals surface area contributed by atoms with Crippen molar-refractivity contribution in [2.75, 3.05) is 20.2 Å². The zero-order chi connectivity index (χ0) is 12.5. The zero-order valence-corrected chi connectivity index (χ0v) is 11.6. The van der Waals surface area contributed by atoms with Gasteiger partial charge in [0, 0.05) is 10.9 Å². The Hall–Kier alpha value is -0.870. The van der Waals surface area contributed by atoms with Crippen LogP contribution in [0.1, 0.15) is 18.4 Å². The molecule has 0 unspecified atom stereocenters. The summed E-state index contributed by atoms with van der Waals surface area (Å²) in [6, 6.07) is 8.21. The first-order valence-corrected chi connectivity index (χ1v) is 6.54. The van der Waals surface area contributed by atoms with Crippen LogP contribution in [0.5, 0.6) is 0 Å². The normalized spacial score (nSPS) is 10.2. The van der Waals surface area contributed by atoms with Gasteiger partial charge >= 0.3 is 5.97 Å². The monoisotopic (exact) mass is 299 g/mol. The molecule has 0 radical (unpaired) electrons. The first kappa shape index (κ1) is 14.2. The quantitative estimate of drug-likeness (QED) is 0.621. The zero-order valence-electron chi connectivity index (χ0n) is 10.0. The fourth-order valence-corrected chi connectivity index (χ4v) is 1.99. The van der Waals surface area contributed by atoms with Gasteiger partial charge in [0.25, 0.3) is 0 Å². The Morgan fingerprint density at radius 1 is 1.35 bits per heavy atom. The maximum atomic E-state index is 10.9. The Morgan fingerprint density at radius 3 is 2.82 bits per heavy atom. The molecule has 4 heteroatoms. The third kappa shape index (κ3) is 5.84. The molecule has 0 bridgehead atoms. The lowest BCUT2D eigenvalue weighted by Gasteiger charge is -2.06. The molecule has 0 aromatic heterocycles. The van der Waals surface area contributed by atoms with Crippen LogP contribution in [0, 0.1) is 0 Å². The van der Waals surface area contributed by atoms with Gasteiger partial charge < -0.3 is 10.1 Å². The van der Waals surface area contributed by atoms with Gasteiger partial charge in [-0.25, -0.2) is 0 Å². The van der Waals surface area contributed by atoms with Crippen molar-refractivity contribution in [1.82, 2.24) is 5.32 Å². The minimum absolute atomic E-state index is 0.141. The van der Waals surface area contributed by atoms with Crippen molar-refractivity contribution >= 4 is 21.9 Å². The number of rotatable bonds is 7. The van der Waals surface area contributed by atoms with E-state index in [0.717, 1.165) is 30.4 Å². The molecule has 1 aromatic rings. The van der Waals surface area contributed by atoms with Crippen molar-refractivity contribution in [3.8, 4) is 0 Å². The average molecular weight is 300 g/mol. The molecule has 0 fully saturated rings. The van der Waals surface area contributed by atoms with E-state index in [-0.39, 0.29) is 5.97 Å². The first-order chi connectivity index (χ1) is 8.24. The number of halogens is 1. The number of benzene rings is 1. The molecule has 1 N–H and O–H groups in total. The van der Waals surface area contributed by atoms with E-state index in [2.05, 4.69) is 32.0 Å². The number of methoxy groups -OCH3 is 1. The van der Waals surface area contributed by atoms with Gasteiger partial charge in [-0.05, 0) is 37.6 Å². The second-order valence-corrected chi connectivity index (χ2v) is 4.63. The van der Waals surface area contributed by atoms with Crippen LogP contribution in [-0.4, -0.2) is 26.2 Å². The van der Waals surface area contributed by atoms with E-state index < -0.39 is 0 Å². The molecule has 94 valence electrons. The molecule has 1 rings (SSSR count). The maximum Gasteiger partial charge on any atom is 0.305 e. The molecule has 0 heterocycles. The highest BCUT2D eigenvalue weighted by atomic mass is 79.9. The summed E-state index contributed by atoms with van der Waals surface area (Å²) in [4.78, 5) is 10.9. The molecule has 3 nitrogen and oxygen atoms in total. The molecule has 1 aromatic carbocycles. The molecule has 0 aliphatic heterocycles. The van der Waals surface area contributed by atoms with Crippen LogP contribution in [0.3, 0.4) is 0 Å². The maximum absolute atomic E-state index is 10.9. The molecule has 0 spiro atoms. The molecule has 0 amide bonds. The number of carbonyl (C=O) groups excluding carboxylic acids is 1. The number of nitrogens with one attached hydrogen (secondary N) is 1. The highest BCUT2D eigenvalue weighted by molar-refractivity contribution is 9.10. The van der Waals surface area contributed by atoms with E-state index in [1.54, 1.807) is 0 Å². The molecule has 0 aliphatic rings. The highest BCUT2D eigenvalue weighted by Crippen LogP contribution is 2.15. The third-order valence-corrected chi connectivity index (χ3v) is 3.26. The lowest BCUT2D eigenvalue weighted by Crippen LogP contribution is -2.19. The Balaban J connectivity index is 2.09. The van der Waals surface area contributed by atoms with Crippen molar-refractivity contribution in [3.63, 3.8) is 0 Å². The SMILES string of the molecule is COC(=O)CCCNCCc1ccccc1Br. The van der Waals surface area contributed by atoms with Gasteiger partial charge in [-0.2, -0.15) is 0 Å². The molecular formula is C13H18BrNO2. The Morgan fingerprint density at radius 2 is 2.12 bits per heavy atom. The minimum Gasteiger partial charge on any atom is -0.469 e. The predicted octanol–water partition coefficient (Wildman–Crippen LogP) is 2.53. The first-order valence-electron chi connectivity index (χ1n) is 5.75. The molecule has 0 saturated heterocycles. The lowest BCUT2D eigenvalue weighted by molar-refractivity contribution is -0.140. The van der Waals surface area contributed by atoms with Gasteiger partial charge in [0.1, 0.15) is 0 Å². The van der Waals surface area contributed by atoms with Crippen molar-refractivity contribution in [3.05, 3.63) is 34.3 Å². The van der Waals surface area contributed by atoms with Gasteiger partial charge in [0.2, 0.25) is 0 Å². The van der Waals surface area contributed by atoms with Crippen LogP contribution in [0.15, 0.2) is 28.7 Å². The number of carbonyl (C=O) groups is 1. The summed E-state index contributed by atoms with van der Waals surface area (Å²) < 4.78 is 5.72. The van der Waals surface area contributed by atoms with E-state index >= 15 is 0 Å². The van der Waals surface area contributed by atoms with Crippen LogP contribution in [0.4, 0.5) is 0 Å². The third-order valence-electron chi connectivity index (χ3n) is 2.49. The minimum atomic E-state index is -0.141. The summed E-state index contributed by atoms with van der Waals surface area (Å²) in [5.41, 5.74) is 1.30. The van der Waals surface area contributed by atoms with Crippen LogP contribution in [0.2, 0.25) is 0 Å². The van der Waals surface area contributed by atoms with Crippen LogP contribution in [-0.2, 0) is 16.0 Å². The Bertz CT molecular complexity index is 355. The number of ether oxygens (including phenoxy) is 1. The van der Waals surface area contributed by atoms with E-state index in [1.165, 1.54) is 12.7 Å². The standard InChI is InChI=1S/C13H18BrNO2/c1-17-13(16)7-4-9-15-10-8-11-5-2-3-6-12(11)14/h2-3,5-6,15H,4,7-10H2,1H3. The molecule has 0 aliphatic carbocycles. The van der Waals surface area contributed by atoms with Crippen molar-refractivity contribution in [1.29, 1.82) is 0 Å². The Labute approximate surface area is 111 Å². The van der Waals surface area contributed by atoms with Gasteiger partial charge in [0.05, 0.1) is 7.11 Å². The summed E-state index contributed by atoms with van der Waals surface area (Å²) in [5.74, 6) is -0.141. The van der Waals surface area contributed by atoms with Gasteiger partial charge in [-0.3, -0.25) is 4.79 Å². The number of hydrogen-bond acceptors (Lipinski definition) is 3. The smallest absolute Gasteiger partial charge is 0.305 e. The highest BCUT2D eigenvalue weighted by Gasteiger charge is 2.00. The second-order valence-electron chi connectivity index (χ2n) is 3.77. The van der Waals surface area contributed by atoms with Crippen LogP contribution in [0.25, 0.3) is 0 Å². The average Bonchev–Trinajstić information content (AvgIpc) is 2.35. The van der Waals surface area contributed by atoms with E-state index in [4.69, 9.17) is 0 Å². The van der Waals surface area contributed by atoms with E-state index in [1.807, 2.05) is 18.2 Å². The fourth-order valence-electron chi connectivity index (χ4n) is 1.51. The molecule has 17 heavy (non-hydrogen) atoms. The number of esters is 1. The van der Waals surface area contributed by atoms with E-state index in [9.17, 15) is 4.79 Å². The fraction of sp³-hybridized carbons (Fsp3) is 0.462. The van der Waals surface area contributed by atoms with E-state index in [0.29, 0.717) is 6.42 Å². The summed E-state index contributed by atoms with van der Waals surface area (Å²) in [7, 11) is 1.42. The van der Waals surface area contributed by atoms with Crippen molar-refractivity contribution in [2.24, 2.45) is 0 Å². The van der Waals surface area contributed by atoms with Crippen LogP contribution < -0.4 is 5.32 Å². The molecular weight excluding hydrogens is 282 g/mol. The molecule has 0 saturated carbocycles. The van der Waals surface area contributed by atoms with Gasteiger partial charge in [-0.15, -0.1) is 0 Å². The van der Waals surface area contributed by atoms with Crippen molar-refractivity contribution < 1.29 is 9.53 Å². The summed E-state index contributed by atoms with van der Waals surface area (Å²) in [6.07, 6.45) is 2.29. The summed E-state index contributed by atoms with van der Waals surface area (Å²) in [5, 5.41) is 3.31. The van der Waals surface area contributed by atoms with Gasteiger partial charge in [-0.1, -0.05) is 34.1 Å². The van der Waals surface area contributed by atoms with Crippen molar-refractivity contribution in [2.45, 2.75) is 19.3 Å². The predicted molar refractivity (Wildman–Crippen MR) is 72.0 cm³/mol. The topological polar surface area (TPSA) is 38.3 Å². The largest absolute Gasteiger partial charge is 0.469 e. The molecule has 0 atom stereocenters. The lowest BCUT2D eigenvalue weighted by atomic mass is 10.1.